The molecule has 0 fully saturated rings. The van der Waals surface area contributed by atoms with Crippen LogP contribution in [-0.2, 0) is 11.2 Å². The first-order valence-electron chi connectivity index (χ1n) is 5.75. The highest BCUT2D eigenvalue weighted by molar-refractivity contribution is 5.64. The fraction of sp³-hybridized carbons (Fsp3) is 0.133. The highest BCUT2D eigenvalue weighted by Crippen LogP contribution is 2.22. The summed E-state index contributed by atoms with van der Waals surface area (Å²) in [6.07, 6.45) is 1.23. The van der Waals surface area contributed by atoms with Gasteiger partial charge in [-0.1, -0.05) is 42.5 Å². The molecule has 0 radical (unpaired) electrons. The van der Waals surface area contributed by atoms with E-state index in [2.05, 4.69) is 0 Å². The number of carbonyl (C=O) groups excluding carboxylic acids is 1. The van der Waals surface area contributed by atoms with Crippen LogP contribution in [-0.4, -0.2) is 12.3 Å². The van der Waals surface area contributed by atoms with Gasteiger partial charge in [-0.2, -0.15) is 0 Å². The van der Waals surface area contributed by atoms with Gasteiger partial charge in [-0.05, 0) is 23.6 Å². The first kappa shape index (κ1) is 12.5. The monoisotopic (exact) mass is 243 g/mol. The first-order valence-corrected chi connectivity index (χ1v) is 5.75. The van der Waals surface area contributed by atoms with Gasteiger partial charge in [-0.3, -0.25) is 0 Å². The number of rotatable bonds is 4. The molecule has 0 aliphatic heterocycles. The average Bonchev–Trinajstić information content (AvgIpc) is 2.40. The number of aldehydes is 1. The van der Waals surface area contributed by atoms with Gasteiger partial charge in [0.25, 0.3) is 0 Å². The Hall–Kier alpha value is -2.00. The number of hydrogen-bond donors (Lipinski definition) is 1. The lowest BCUT2D eigenvalue weighted by Crippen LogP contribution is -2.23. The van der Waals surface area contributed by atoms with Gasteiger partial charge in [0, 0.05) is 5.56 Å². The molecule has 0 bridgehead atoms. The molecule has 0 aliphatic carbocycles. The highest BCUT2D eigenvalue weighted by Gasteiger charge is 2.05. The summed E-state index contributed by atoms with van der Waals surface area (Å²) in [4.78, 5) is 10.5. The fourth-order valence-corrected chi connectivity index (χ4v) is 1.84. The zero-order valence-electron chi connectivity index (χ0n) is 9.84. The maximum atomic E-state index is 13.6. The molecule has 0 aromatic heterocycles. The summed E-state index contributed by atoms with van der Waals surface area (Å²) in [6.45, 7) is 0. The standard InChI is InChI=1S/C15H14FNO/c16-15-4-2-1-3-14(15)12-7-5-11(6-8-12)9-13(17)10-18/h1-8,10,13H,9,17H2/t13-/m0/s1. The SMILES string of the molecule is N[C@H](C=O)Cc1ccc(-c2ccccc2F)cc1. The average molecular weight is 243 g/mol. The van der Waals surface area contributed by atoms with E-state index in [1.807, 2.05) is 24.3 Å². The normalized spacial score (nSPS) is 12.1. The first-order chi connectivity index (χ1) is 8.70. The summed E-state index contributed by atoms with van der Waals surface area (Å²) in [5.41, 5.74) is 7.91. The smallest absolute Gasteiger partial charge is 0.137 e. The van der Waals surface area contributed by atoms with E-state index in [0.29, 0.717) is 12.0 Å². The predicted octanol–water partition coefficient (Wildman–Crippen LogP) is 2.56. The van der Waals surface area contributed by atoms with E-state index < -0.39 is 6.04 Å². The van der Waals surface area contributed by atoms with Crippen LogP contribution in [0, 0.1) is 5.82 Å². The third kappa shape index (κ3) is 2.81. The van der Waals surface area contributed by atoms with Crippen molar-refractivity contribution in [1.82, 2.24) is 0 Å². The summed E-state index contributed by atoms with van der Waals surface area (Å²) in [5, 5.41) is 0. The Kier molecular flexibility index (Phi) is 3.85. The molecule has 2 nitrogen and oxygen atoms in total. The molecule has 0 unspecified atom stereocenters. The summed E-state index contributed by atoms with van der Waals surface area (Å²) >= 11 is 0. The lowest BCUT2D eigenvalue weighted by Gasteiger charge is -2.07. The van der Waals surface area contributed by atoms with Crippen LogP contribution >= 0.6 is 0 Å². The van der Waals surface area contributed by atoms with Crippen molar-refractivity contribution in [3.05, 3.63) is 59.9 Å². The van der Waals surface area contributed by atoms with Crippen molar-refractivity contribution in [2.24, 2.45) is 5.73 Å². The molecule has 92 valence electrons. The Bertz CT molecular complexity index is 536. The van der Waals surface area contributed by atoms with E-state index in [-0.39, 0.29) is 5.82 Å². The van der Waals surface area contributed by atoms with Crippen LogP contribution < -0.4 is 5.73 Å². The van der Waals surface area contributed by atoms with Crippen LogP contribution in [0.1, 0.15) is 5.56 Å². The van der Waals surface area contributed by atoms with Gasteiger partial charge in [0.15, 0.2) is 0 Å². The molecular weight excluding hydrogens is 229 g/mol. The van der Waals surface area contributed by atoms with Crippen LogP contribution in [0.25, 0.3) is 11.1 Å². The molecule has 18 heavy (non-hydrogen) atoms. The second-order valence-corrected chi connectivity index (χ2v) is 4.18. The van der Waals surface area contributed by atoms with Crippen molar-refractivity contribution in [3.8, 4) is 11.1 Å². The Balaban J connectivity index is 2.23. The summed E-state index contributed by atoms with van der Waals surface area (Å²) in [6, 6.07) is 13.6. The van der Waals surface area contributed by atoms with Gasteiger partial charge < -0.3 is 10.5 Å². The largest absolute Gasteiger partial charge is 0.321 e. The van der Waals surface area contributed by atoms with Crippen molar-refractivity contribution in [3.63, 3.8) is 0 Å². The minimum atomic E-state index is -0.482. The van der Waals surface area contributed by atoms with Crippen molar-refractivity contribution < 1.29 is 9.18 Å². The van der Waals surface area contributed by atoms with Gasteiger partial charge in [-0.15, -0.1) is 0 Å². The van der Waals surface area contributed by atoms with Gasteiger partial charge in [-0.25, -0.2) is 4.39 Å². The fourth-order valence-electron chi connectivity index (χ4n) is 1.84. The molecular formula is C15H14FNO. The van der Waals surface area contributed by atoms with E-state index in [1.165, 1.54) is 6.07 Å². The third-order valence-corrected chi connectivity index (χ3v) is 2.78. The van der Waals surface area contributed by atoms with Gasteiger partial charge >= 0.3 is 0 Å². The molecule has 1 atom stereocenters. The second kappa shape index (κ2) is 5.56. The number of hydrogen-bond acceptors (Lipinski definition) is 2. The molecule has 2 rings (SSSR count). The molecule has 0 spiro atoms. The Morgan fingerprint density at radius 3 is 2.39 bits per heavy atom. The van der Waals surface area contributed by atoms with Crippen LogP contribution in [0.2, 0.25) is 0 Å². The van der Waals surface area contributed by atoms with Crippen molar-refractivity contribution in [2.45, 2.75) is 12.5 Å². The highest BCUT2D eigenvalue weighted by atomic mass is 19.1. The zero-order valence-corrected chi connectivity index (χ0v) is 9.84. The minimum Gasteiger partial charge on any atom is -0.321 e. The lowest BCUT2D eigenvalue weighted by molar-refractivity contribution is -0.108. The Morgan fingerprint density at radius 2 is 1.78 bits per heavy atom. The zero-order chi connectivity index (χ0) is 13.0. The van der Waals surface area contributed by atoms with E-state index in [0.717, 1.165) is 17.4 Å². The third-order valence-electron chi connectivity index (χ3n) is 2.78. The van der Waals surface area contributed by atoms with E-state index in [1.54, 1.807) is 18.2 Å². The second-order valence-electron chi connectivity index (χ2n) is 4.18. The predicted molar refractivity (Wildman–Crippen MR) is 69.6 cm³/mol. The van der Waals surface area contributed by atoms with Crippen molar-refractivity contribution in [1.29, 1.82) is 0 Å². The van der Waals surface area contributed by atoms with Crippen LogP contribution in [0.5, 0.6) is 0 Å². The number of nitrogens with two attached hydrogens (primary N) is 1. The lowest BCUT2D eigenvalue weighted by atomic mass is 10.0. The molecule has 2 aromatic rings. The van der Waals surface area contributed by atoms with E-state index in [9.17, 15) is 9.18 Å². The van der Waals surface area contributed by atoms with Gasteiger partial charge in [0.1, 0.15) is 12.1 Å². The topological polar surface area (TPSA) is 43.1 Å². The molecule has 2 N–H and O–H groups in total. The van der Waals surface area contributed by atoms with E-state index in [4.69, 9.17) is 5.73 Å². The molecule has 0 amide bonds. The van der Waals surface area contributed by atoms with Crippen LogP contribution in [0.15, 0.2) is 48.5 Å². The Labute approximate surface area is 105 Å². The van der Waals surface area contributed by atoms with Crippen LogP contribution in [0.4, 0.5) is 4.39 Å². The summed E-state index contributed by atoms with van der Waals surface area (Å²) in [5.74, 6) is -0.241. The molecule has 2 aromatic carbocycles. The van der Waals surface area contributed by atoms with Gasteiger partial charge in [0.2, 0.25) is 0 Å². The Morgan fingerprint density at radius 1 is 1.11 bits per heavy atom. The minimum absolute atomic E-state index is 0.241. The summed E-state index contributed by atoms with van der Waals surface area (Å²) in [7, 11) is 0. The van der Waals surface area contributed by atoms with Gasteiger partial charge in [0.05, 0.1) is 6.04 Å². The molecule has 0 saturated carbocycles. The molecule has 0 saturated heterocycles. The van der Waals surface area contributed by atoms with Crippen molar-refractivity contribution in [2.75, 3.05) is 0 Å². The quantitative estimate of drug-likeness (QED) is 0.839. The molecule has 3 heteroatoms. The maximum absolute atomic E-state index is 13.6. The number of carbonyl (C=O) groups is 1. The molecule has 0 heterocycles. The maximum Gasteiger partial charge on any atom is 0.137 e. The number of halogens is 1. The number of benzene rings is 2. The molecule has 0 aliphatic rings. The van der Waals surface area contributed by atoms with Crippen LogP contribution in [0.3, 0.4) is 0 Å². The van der Waals surface area contributed by atoms with Crippen molar-refractivity contribution >= 4 is 6.29 Å². The van der Waals surface area contributed by atoms with E-state index >= 15 is 0 Å². The summed E-state index contributed by atoms with van der Waals surface area (Å²) < 4.78 is 13.6.